The predicted molar refractivity (Wildman–Crippen MR) is 71.7 cm³/mol. The van der Waals surface area contributed by atoms with Gasteiger partial charge in [-0.05, 0) is 23.8 Å². The molecule has 3 rings (SSSR count). The van der Waals surface area contributed by atoms with E-state index in [9.17, 15) is 9.90 Å². The number of hydrogen-bond acceptors (Lipinski definition) is 2. The van der Waals surface area contributed by atoms with Crippen LogP contribution in [0.5, 0.6) is 5.75 Å². The van der Waals surface area contributed by atoms with Gasteiger partial charge in [0, 0.05) is 10.9 Å². The second kappa shape index (κ2) is 4.04. The van der Waals surface area contributed by atoms with Gasteiger partial charge in [-0.15, -0.1) is 0 Å². The summed E-state index contributed by atoms with van der Waals surface area (Å²) in [5.74, 6) is 0.168. The number of fused-ring (bicyclic) bond motifs is 1. The molecular weight excluding hydrogens is 226 g/mol. The van der Waals surface area contributed by atoms with E-state index in [1.54, 1.807) is 24.3 Å². The Morgan fingerprint density at radius 3 is 2.50 bits per heavy atom. The lowest BCUT2D eigenvalue weighted by atomic mass is 10.0. The van der Waals surface area contributed by atoms with Crippen LogP contribution in [0.4, 0.5) is 0 Å². The zero-order valence-corrected chi connectivity index (χ0v) is 9.55. The Morgan fingerprint density at radius 1 is 0.944 bits per heavy atom. The number of benzene rings is 2. The van der Waals surface area contributed by atoms with Crippen molar-refractivity contribution in [3.63, 3.8) is 0 Å². The molecule has 2 N–H and O–H groups in total. The van der Waals surface area contributed by atoms with Crippen molar-refractivity contribution in [2.24, 2.45) is 0 Å². The van der Waals surface area contributed by atoms with E-state index < -0.39 is 0 Å². The summed E-state index contributed by atoms with van der Waals surface area (Å²) in [6, 6.07) is 16.2. The van der Waals surface area contributed by atoms with Crippen LogP contribution in [0.3, 0.4) is 0 Å². The Morgan fingerprint density at radius 2 is 1.72 bits per heavy atom. The Kier molecular flexibility index (Phi) is 2.38. The first-order valence-corrected chi connectivity index (χ1v) is 5.66. The smallest absolute Gasteiger partial charge is 0.256 e. The minimum atomic E-state index is -0.153. The second-order valence-electron chi connectivity index (χ2n) is 4.12. The van der Waals surface area contributed by atoms with Gasteiger partial charge in [0.05, 0.1) is 5.52 Å². The summed E-state index contributed by atoms with van der Waals surface area (Å²) >= 11 is 0. The molecule has 0 amide bonds. The molecule has 18 heavy (non-hydrogen) atoms. The van der Waals surface area contributed by atoms with E-state index in [0.29, 0.717) is 16.5 Å². The summed E-state index contributed by atoms with van der Waals surface area (Å²) in [4.78, 5) is 14.8. The van der Waals surface area contributed by atoms with Crippen molar-refractivity contribution in [2.45, 2.75) is 0 Å². The van der Waals surface area contributed by atoms with Crippen molar-refractivity contribution in [1.29, 1.82) is 0 Å². The SMILES string of the molecule is O=c1[nH]c2cccc(O)c2cc1-c1ccccc1. The molecule has 1 aromatic heterocycles. The Bertz CT molecular complexity index is 760. The first kappa shape index (κ1) is 10.6. The molecule has 0 aliphatic carbocycles. The molecule has 0 radical (unpaired) electrons. The van der Waals surface area contributed by atoms with Crippen molar-refractivity contribution >= 4 is 10.9 Å². The Balaban J connectivity index is 2.35. The van der Waals surface area contributed by atoms with Crippen molar-refractivity contribution in [3.05, 3.63) is 65.0 Å². The van der Waals surface area contributed by atoms with Crippen LogP contribution in [-0.2, 0) is 0 Å². The molecule has 0 atom stereocenters. The summed E-state index contributed by atoms with van der Waals surface area (Å²) in [7, 11) is 0. The number of phenolic OH excluding ortho intramolecular Hbond substituents is 1. The van der Waals surface area contributed by atoms with E-state index in [0.717, 1.165) is 5.56 Å². The van der Waals surface area contributed by atoms with E-state index in [2.05, 4.69) is 4.98 Å². The number of aromatic amines is 1. The summed E-state index contributed by atoms with van der Waals surface area (Å²) < 4.78 is 0. The highest BCUT2D eigenvalue weighted by Gasteiger charge is 2.07. The second-order valence-corrected chi connectivity index (χ2v) is 4.12. The molecule has 0 aliphatic rings. The monoisotopic (exact) mass is 237 g/mol. The summed E-state index contributed by atoms with van der Waals surface area (Å²) in [5, 5.41) is 10.5. The van der Waals surface area contributed by atoms with Crippen LogP contribution in [-0.4, -0.2) is 10.1 Å². The highest BCUT2D eigenvalue weighted by molar-refractivity contribution is 5.88. The van der Waals surface area contributed by atoms with Gasteiger partial charge in [-0.2, -0.15) is 0 Å². The molecule has 0 aliphatic heterocycles. The average molecular weight is 237 g/mol. The van der Waals surface area contributed by atoms with Crippen molar-refractivity contribution in [2.75, 3.05) is 0 Å². The van der Waals surface area contributed by atoms with Crippen LogP contribution in [0.15, 0.2) is 59.4 Å². The first-order chi connectivity index (χ1) is 8.75. The van der Waals surface area contributed by atoms with Crippen molar-refractivity contribution in [3.8, 4) is 16.9 Å². The van der Waals surface area contributed by atoms with Gasteiger partial charge in [-0.1, -0.05) is 36.4 Å². The number of pyridine rings is 1. The van der Waals surface area contributed by atoms with Crippen LogP contribution >= 0.6 is 0 Å². The Labute approximate surface area is 103 Å². The van der Waals surface area contributed by atoms with E-state index in [-0.39, 0.29) is 11.3 Å². The molecular formula is C15H11NO2. The molecule has 3 heteroatoms. The molecule has 0 fully saturated rings. The van der Waals surface area contributed by atoms with Gasteiger partial charge in [0.1, 0.15) is 5.75 Å². The number of rotatable bonds is 1. The predicted octanol–water partition coefficient (Wildman–Crippen LogP) is 2.90. The van der Waals surface area contributed by atoms with E-state index in [4.69, 9.17) is 0 Å². The lowest BCUT2D eigenvalue weighted by Gasteiger charge is -2.04. The van der Waals surface area contributed by atoms with Gasteiger partial charge >= 0.3 is 0 Å². The molecule has 3 nitrogen and oxygen atoms in total. The minimum absolute atomic E-state index is 0.153. The first-order valence-electron chi connectivity index (χ1n) is 5.66. The van der Waals surface area contributed by atoms with E-state index in [1.807, 2.05) is 30.3 Å². The van der Waals surface area contributed by atoms with Gasteiger partial charge in [-0.3, -0.25) is 4.79 Å². The van der Waals surface area contributed by atoms with Crippen molar-refractivity contribution < 1.29 is 5.11 Å². The number of nitrogens with one attached hydrogen (secondary N) is 1. The van der Waals surface area contributed by atoms with E-state index in [1.165, 1.54) is 0 Å². The van der Waals surface area contributed by atoms with Gasteiger partial charge < -0.3 is 10.1 Å². The minimum Gasteiger partial charge on any atom is -0.507 e. The van der Waals surface area contributed by atoms with Crippen LogP contribution in [0.25, 0.3) is 22.0 Å². The van der Waals surface area contributed by atoms with Gasteiger partial charge in [0.2, 0.25) is 0 Å². The van der Waals surface area contributed by atoms with Crippen LogP contribution in [0.1, 0.15) is 0 Å². The summed E-state index contributed by atoms with van der Waals surface area (Å²) in [6.45, 7) is 0. The summed E-state index contributed by atoms with van der Waals surface area (Å²) in [6.07, 6.45) is 0. The third kappa shape index (κ3) is 1.66. The number of aromatic hydroxyl groups is 1. The fourth-order valence-corrected chi connectivity index (χ4v) is 2.05. The zero-order valence-electron chi connectivity index (χ0n) is 9.55. The molecule has 3 aromatic rings. The quantitative estimate of drug-likeness (QED) is 0.683. The zero-order chi connectivity index (χ0) is 12.5. The lowest BCUT2D eigenvalue weighted by molar-refractivity contribution is 0.481. The number of hydrogen-bond donors (Lipinski definition) is 2. The number of aromatic nitrogens is 1. The topological polar surface area (TPSA) is 53.1 Å². The van der Waals surface area contributed by atoms with Gasteiger partial charge in [0.25, 0.3) is 5.56 Å². The summed E-state index contributed by atoms with van der Waals surface area (Å²) in [5.41, 5.74) is 1.88. The molecule has 0 unspecified atom stereocenters. The normalized spacial score (nSPS) is 10.7. The fraction of sp³-hybridized carbons (Fsp3) is 0. The van der Waals surface area contributed by atoms with Crippen LogP contribution < -0.4 is 5.56 Å². The third-order valence-electron chi connectivity index (χ3n) is 2.95. The molecule has 0 bridgehead atoms. The highest BCUT2D eigenvalue weighted by Crippen LogP contribution is 2.25. The average Bonchev–Trinajstić information content (AvgIpc) is 2.39. The maximum absolute atomic E-state index is 12.0. The van der Waals surface area contributed by atoms with Crippen LogP contribution in [0, 0.1) is 0 Å². The third-order valence-corrected chi connectivity index (χ3v) is 2.95. The largest absolute Gasteiger partial charge is 0.507 e. The van der Waals surface area contributed by atoms with E-state index >= 15 is 0 Å². The van der Waals surface area contributed by atoms with Gasteiger partial charge in [0.15, 0.2) is 0 Å². The number of H-pyrrole nitrogens is 1. The molecule has 2 aromatic carbocycles. The van der Waals surface area contributed by atoms with Gasteiger partial charge in [-0.25, -0.2) is 0 Å². The Hall–Kier alpha value is -2.55. The standard InChI is InChI=1S/C15H11NO2/c17-14-8-4-7-13-12(14)9-11(15(18)16-13)10-5-2-1-3-6-10/h1-9,17H,(H,16,18). The fourth-order valence-electron chi connectivity index (χ4n) is 2.05. The van der Waals surface area contributed by atoms with Crippen LogP contribution in [0.2, 0.25) is 0 Å². The number of phenols is 1. The lowest BCUT2D eigenvalue weighted by Crippen LogP contribution is -2.08. The highest BCUT2D eigenvalue weighted by atomic mass is 16.3. The van der Waals surface area contributed by atoms with Crippen molar-refractivity contribution in [1.82, 2.24) is 4.98 Å². The maximum Gasteiger partial charge on any atom is 0.256 e. The molecule has 0 saturated heterocycles. The molecule has 0 spiro atoms. The molecule has 0 saturated carbocycles. The maximum atomic E-state index is 12.0. The molecule has 88 valence electrons. The molecule has 1 heterocycles.